The number of aromatic nitrogens is 1. The molecule has 0 bridgehead atoms. The third-order valence-corrected chi connectivity index (χ3v) is 18.7. The van der Waals surface area contributed by atoms with Gasteiger partial charge in [0.25, 0.3) is 0 Å². The minimum absolute atomic E-state index is 0.201. The molecule has 1 saturated heterocycles. The first-order chi connectivity index (χ1) is 16.6. The van der Waals surface area contributed by atoms with E-state index in [2.05, 4.69) is 57.2 Å². The Hall–Kier alpha value is -0.263. The maximum absolute atomic E-state index is 16.6. The van der Waals surface area contributed by atoms with E-state index < -0.39 is 57.5 Å². The zero-order valence-corrected chi connectivity index (χ0v) is 26.7. The molecule has 1 aliphatic rings. The molecule has 1 aromatic rings. The molecule has 0 aliphatic carbocycles. The summed E-state index contributed by atoms with van der Waals surface area (Å²) in [5.41, 5.74) is -2.12. The van der Waals surface area contributed by atoms with Crippen molar-refractivity contribution in [1.29, 1.82) is 5.26 Å². The number of rotatable bonds is 10. The van der Waals surface area contributed by atoms with Crippen LogP contribution in [0.5, 0.6) is 0 Å². The Labute approximate surface area is 229 Å². The van der Waals surface area contributed by atoms with Crippen molar-refractivity contribution in [2.24, 2.45) is 0 Å². The van der Waals surface area contributed by atoms with Crippen molar-refractivity contribution in [2.75, 3.05) is 19.0 Å². The Morgan fingerprint density at radius 2 is 1.94 bits per heavy atom. The van der Waals surface area contributed by atoms with Crippen LogP contribution in [0.1, 0.15) is 67.0 Å². The fraction of sp³-hybridized carbons (Fsp3) is 0.750. The van der Waals surface area contributed by atoms with Gasteiger partial charge in [-0.3, -0.25) is 4.72 Å². The van der Waals surface area contributed by atoms with Crippen LogP contribution in [0.3, 0.4) is 0 Å². The Morgan fingerprint density at radius 3 is 2.42 bits per heavy atom. The van der Waals surface area contributed by atoms with Gasteiger partial charge in [-0.1, -0.05) is 49.4 Å². The summed E-state index contributed by atoms with van der Waals surface area (Å²) in [5, 5.41) is 10.5. The molecule has 2 heterocycles. The van der Waals surface area contributed by atoms with Gasteiger partial charge in [-0.25, -0.2) is 13.8 Å². The number of nitrogens with zero attached hydrogens (tertiary/aromatic N) is 2. The molecule has 4 atom stereocenters. The van der Waals surface area contributed by atoms with Crippen LogP contribution in [-0.2, 0) is 16.9 Å². The number of hydrogen-bond acceptors (Lipinski definition) is 6. The second-order valence-electron chi connectivity index (χ2n) is 10.9. The van der Waals surface area contributed by atoms with E-state index in [9.17, 15) is 14.4 Å². The van der Waals surface area contributed by atoms with Gasteiger partial charge < -0.3 is 9.11 Å². The second kappa shape index (κ2) is 11.9. The topological polar surface area (TPSA) is 104 Å². The first-order valence-corrected chi connectivity index (χ1v) is 18.8. The monoisotopic (exact) mass is 626 g/mol. The van der Waals surface area contributed by atoms with Crippen molar-refractivity contribution in [1.82, 2.24) is 14.4 Å². The molecule has 0 saturated carbocycles. The molecule has 1 aromatic heterocycles. The van der Waals surface area contributed by atoms with Crippen LogP contribution in [0, 0.1) is 17.1 Å². The number of nitriles is 1. The van der Waals surface area contributed by atoms with Gasteiger partial charge in [0, 0.05) is 23.7 Å². The van der Waals surface area contributed by atoms with Crippen LogP contribution in [0.4, 0.5) is 8.78 Å². The highest BCUT2D eigenvalue weighted by Crippen LogP contribution is 2.59. The normalized spacial score (nSPS) is 27.5. The number of hydrogen-bond donors (Lipinski definition) is 3. The summed E-state index contributed by atoms with van der Waals surface area (Å²) in [6.45, 7) is 12.3. The van der Waals surface area contributed by atoms with Crippen LogP contribution in [0.2, 0.25) is 18.1 Å². The van der Waals surface area contributed by atoms with Gasteiger partial charge in [0.2, 0.25) is 0 Å². The van der Waals surface area contributed by atoms with Crippen LogP contribution < -0.4 is 14.6 Å². The van der Waals surface area contributed by atoms with Gasteiger partial charge in [-0.2, -0.15) is 5.26 Å². The molecule has 36 heavy (non-hydrogen) atoms. The van der Waals surface area contributed by atoms with E-state index >= 15 is 8.78 Å². The molecule has 2 rings (SSSR count). The first-order valence-electron chi connectivity index (χ1n) is 12.4. The molecule has 0 spiro atoms. The van der Waals surface area contributed by atoms with E-state index in [0.29, 0.717) is 29.2 Å². The van der Waals surface area contributed by atoms with E-state index in [1.165, 1.54) is 0 Å². The van der Waals surface area contributed by atoms with Crippen molar-refractivity contribution in [3.05, 3.63) is 22.2 Å². The number of pyridine rings is 1. The van der Waals surface area contributed by atoms with E-state index in [-0.39, 0.29) is 11.4 Å². The van der Waals surface area contributed by atoms with Crippen molar-refractivity contribution < 1.29 is 17.9 Å². The fourth-order valence-electron chi connectivity index (χ4n) is 4.82. The third kappa shape index (κ3) is 5.98. The van der Waals surface area contributed by atoms with Crippen molar-refractivity contribution in [2.45, 2.75) is 94.5 Å². The fourth-order valence-corrected chi connectivity index (χ4v) is 12.9. The molecular weight excluding hydrogens is 586 g/mol. The van der Waals surface area contributed by atoms with Gasteiger partial charge in [-0.05, 0) is 67.7 Å². The minimum Gasteiger partial charge on any atom is -0.598 e. The second-order valence-corrected chi connectivity index (χ2v) is 21.8. The molecule has 1 aliphatic heterocycles. The highest BCUT2D eigenvalue weighted by molar-refractivity contribution is 9.10. The number of alkyl halides is 1. The number of nitrogens with one attached hydrogen (secondary N) is 2. The minimum atomic E-state index is -2.99. The summed E-state index contributed by atoms with van der Waals surface area (Å²) >= 11 is 1.61. The van der Waals surface area contributed by atoms with E-state index in [1.54, 1.807) is 33.8 Å². The van der Waals surface area contributed by atoms with E-state index in [0.717, 1.165) is 18.1 Å². The summed E-state index contributed by atoms with van der Waals surface area (Å²) in [4.78, 5) is 4.42. The molecule has 12 heteroatoms. The maximum Gasteiger partial charge on any atom is 0.147 e. The summed E-state index contributed by atoms with van der Waals surface area (Å²) < 4.78 is 61.5. The molecule has 0 radical (unpaired) electrons. The Bertz CT molecular complexity index is 970. The zero-order chi connectivity index (χ0) is 27.6. The van der Waals surface area contributed by atoms with E-state index in [4.69, 9.17) is 0 Å². The van der Waals surface area contributed by atoms with Crippen LogP contribution in [0.25, 0.3) is 0 Å². The molecule has 3 unspecified atom stereocenters. The van der Waals surface area contributed by atoms with Crippen LogP contribution >= 0.6 is 26.4 Å². The van der Waals surface area contributed by atoms with Gasteiger partial charge in [0.05, 0.1) is 14.1 Å². The zero-order valence-electron chi connectivity index (χ0n) is 22.4. The molecule has 0 aromatic carbocycles. The number of halogens is 3. The first kappa shape index (κ1) is 32.0. The molecular formula is C24H41BrF2N4O2S2Si. The molecule has 3 N–H and O–H groups in total. The van der Waals surface area contributed by atoms with Crippen molar-refractivity contribution in [3.8, 4) is 6.07 Å². The lowest BCUT2D eigenvalue weighted by atomic mass is 9.99. The van der Waals surface area contributed by atoms with Gasteiger partial charge >= 0.3 is 0 Å². The molecule has 0 amide bonds. The average molecular weight is 628 g/mol. The summed E-state index contributed by atoms with van der Waals surface area (Å²) in [6, 6.07) is 6.34. The Morgan fingerprint density at radius 1 is 1.36 bits per heavy atom. The summed E-state index contributed by atoms with van der Waals surface area (Å²) in [5.74, 6) is -0.954. The SMILES string of the molecule is CC[Si](CC)(CC)c1cc(Br)nc([C@](CF)(CS2(O)NCCCC2(C)C#N)N[S+]([O-])C(C)(C)C)c1F. The van der Waals surface area contributed by atoms with Gasteiger partial charge in [0.1, 0.15) is 37.8 Å². The smallest absolute Gasteiger partial charge is 0.147 e. The lowest BCUT2D eigenvalue weighted by molar-refractivity contribution is 0.288. The molecule has 1 fully saturated rings. The summed E-state index contributed by atoms with van der Waals surface area (Å²) in [7, 11) is -5.26. The maximum atomic E-state index is 16.6. The predicted octanol–water partition coefficient (Wildman–Crippen LogP) is 5.77. The highest BCUT2D eigenvalue weighted by Gasteiger charge is 2.55. The highest BCUT2D eigenvalue weighted by atomic mass is 79.9. The van der Waals surface area contributed by atoms with Crippen molar-refractivity contribution in [3.63, 3.8) is 0 Å². The van der Waals surface area contributed by atoms with Gasteiger partial charge in [-0.15, -0.1) is 4.72 Å². The lowest BCUT2D eigenvalue weighted by Gasteiger charge is -2.52. The third-order valence-electron chi connectivity index (χ3n) is 7.66. The van der Waals surface area contributed by atoms with Crippen molar-refractivity contribution >= 4 is 51.0 Å². The van der Waals surface area contributed by atoms with E-state index in [1.807, 2.05) is 0 Å². The molecule has 6 nitrogen and oxygen atoms in total. The lowest BCUT2D eigenvalue weighted by Crippen LogP contribution is -2.60. The molecule has 206 valence electrons. The average Bonchev–Trinajstić information content (AvgIpc) is 2.83. The standard InChI is InChI=1S/C24H41BrF2N4O2S2Si/c1-8-36(9-2,10-3)18-14-19(25)30-21(20(18)27)24(15-26,31-34(32)22(4,5)6)17-35(33)23(7,16-28)12-11-13-29-35/h14,29,31,33H,8-13,15,17H2,1-7H3/t23?,24-,34?/m0/s1. The predicted molar refractivity (Wildman–Crippen MR) is 154 cm³/mol. The quantitative estimate of drug-likeness (QED) is 0.173. The van der Waals surface area contributed by atoms with Crippen LogP contribution in [-0.4, -0.2) is 50.6 Å². The van der Waals surface area contributed by atoms with Crippen LogP contribution in [0.15, 0.2) is 10.7 Å². The largest absolute Gasteiger partial charge is 0.598 e. The Kier molecular flexibility index (Phi) is 10.5. The summed E-state index contributed by atoms with van der Waals surface area (Å²) in [6.07, 6.45) is 1.10. The Balaban J connectivity index is 2.86. The van der Waals surface area contributed by atoms with Gasteiger partial charge in [0.15, 0.2) is 0 Å².